The molecule has 2 N–H and O–H groups in total. The summed E-state index contributed by atoms with van der Waals surface area (Å²) in [6, 6.07) is 0. The van der Waals surface area contributed by atoms with Crippen LogP contribution in [-0.2, 0) is 9.53 Å². The van der Waals surface area contributed by atoms with Crippen molar-refractivity contribution in [2.45, 2.75) is 44.6 Å². The molecule has 5 heteroatoms. The quantitative estimate of drug-likeness (QED) is 0.735. The first-order chi connectivity index (χ1) is 6.77. The lowest BCUT2D eigenvalue weighted by atomic mass is 9.74. The van der Waals surface area contributed by atoms with Gasteiger partial charge in [0.2, 0.25) is 5.92 Å². The summed E-state index contributed by atoms with van der Waals surface area (Å²) in [7, 11) is 0. The zero-order chi connectivity index (χ0) is 11.7. The van der Waals surface area contributed by atoms with E-state index in [-0.39, 0.29) is 31.8 Å². The molecule has 1 atom stereocenters. The van der Waals surface area contributed by atoms with E-state index in [9.17, 15) is 13.6 Å². The molecule has 1 unspecified atom stereocenters. The fraction of sp³-hybridized carbons (Fsp3) is 0.900. The molecule has 0 aromatic rings. The van der Waals surface area contributed by atoms with Gasteiger partial charge in [0.25, 0.3) is 0 Å². The lowest BCUT2D eigenvalue weighted by Gasteiger charge is -2.38. The van der Waals surface area contributed by atoms with Crippen molar-refractivity contribution in [2.24, 2.45) is 11.7 Å². The zero-order valence-corrected chi connectivity index (χ0v) is 9.06. The van der Waals surface area contributed by atoms with E-state index in [4.69, 9.17) is 10.5 Å². The highest BCUT2D eigenvalue weighted by atomic mass is 19.3. The summed E-state index contributed by atoms with van der Waals surface area (Å²) in [5.41, 5.74) is 4.58. The Morgan fingerprint density at radius 1 is 1.60 bits per heavy atom. The van der Waals surface area contributed by atoms with Gasteiger partial charge in [0.15, 0.2) is 0 Å². The highest BCUT2D eigenvalue weighted by Crippen LogP contribution is 2.45. The van der Waals surface area contributed by atoms with Crippen LogP contribution in [0.1, 0.15) is 33.1 Å². The molecule has 15 heavy (non-hydrogen) atoms. The van der Waals surface area contributed by atoms with Crippen molar-refractivity contribution in [1.29, 1.82) is 0 Å². The van der Waals surface area contributed by atoms with Crippen LogP contribution in [0.15, 0.2) is 0 Å². The lowest BCUT2D eigenvalue weighted by molar-refractivity contribution is -0.154. The van der Waals surface area contributed by atoms with Gasteiger partial charge in [-0.15, -0.1) is 0 Å². The molecule has 1 saturated carbocycles. The van der Waals surface area contributed by atoms with Crippen LogP contribution in [0.5, 0.6) is 0 Å². The molecular weight excluding hydrogens is 204 g/mol. The predicted molar refractivity (Wildman–Crippen MR) is 51.5 cm³/mol. The summed E-state index contributed by atoms with van der Waals surface area (Å²) in [6.45, 7) is 3.47. The molecule has 0 bridgehead atoms. The number of ether oxygens (including phenoxy) is 1. The second-order valence-electron chi connectivity index (χ2n) is 4.47. The predicted octanol–water partition coefficient (Wildman–Crippen LogP) is 1.70. The molecule has 0 spiro atoms. The Morgan fingerprint density at radius 2 is 2.13 bits per heavy atom. The maximum absolute atomic E-state index is 12.6. The smallest absolute Gasteiger partial charge is 0.325 e. The summed E-state index contributed by atoms with van der Waals surface area (Å²) in [5.74, 6) is -3.24. The van der Waals surface area contributed by atoms with Crippen LogP contribution >= 0.6 is 0 Å². The third-order valence-corrected chi connectivity index (χ3v) is 2.63. The standard InChI is InChI=1S/C10H17F2NO2/c1-3-15-8(14)9(2,13)4-7-5-10(11,12)6-7/h7H,3-6,13H2,1-2H3. The highest BCUT2D eigenvalue weighted by molar-refractivity contribution is 5.80. The molecule has 0 aromatic carbocycles. The molecule has 1 rings (SSSR count). The first-order valence-electron chi connectivity index (χ1n) is 5.11. The number of alkyl halides is 2. The molecule has 0 saturated heterocycles. The Kier molecular flexibility index (Phi) is 3.33. The lowest BCUT2D eigenvalue weighted by Crippen LogP contribution is -2.50. The van der Waals surface area contributed by atoms with Crippen molar-refractivity contribution in [3.63, 3.8) is 0 Å². The van der Waals surface area contributed by atoms with E-state index in [1.165, 1.54) is 6.92 Å². The van der Waals surface area contributed by atoms with Crippen molar-refractivity contribution < 1.29 is 18.3 Å². The maximum atomic E-state index is 12.6. The van der Waals surface area contributed by atoms with Gasteiger partial charge in [0.05, 0.1) is 6.61 Å². The van der Waals surface area contributed by atoms with Crippen molar-refractivity contribution in [2.75, 3.05) is 6.61 Å². The second-order valence-corrected chi connectivity index (χ2v) is 4.47. The minimum atomic E-state index is -2.56. The molecule has 0 aliphatic heterocycles. The third-order valence-electron chi connectivity index (χ3n) is 2.63. The Bertz CT molecular complexity index is 246. The molecule has 1 aliphatic rings. The number of carbonyl (C=O) groups excluding carboxylic acids is 1. The minimum Gasteiger partial charge on any atom is -0.465 e. The fourth-order valence-corrected chi connectivity index (χ4v) is 1.91. The van der Waals surface area contributed by atoms with Gasteiger partial charge in [0, 0.05) is 12.8 Å². The van der Waals surface area contributed by atoms with Gasteiger partial charge >= 0.3 is 5.97 Å². The van der Waals surface area contributed by atoms with Gasteiger partial charge in [-0.2, -0.15) is 0 Å². The maximum Gasteiger partial charge on any atom is 0.325 e. The second kappa shape index (κ2) is 4.04. The summed E-state index contributed by atoms with van der Waals surface area (Å²) in [6.07, 6.45) is -0.0696. The first kappa shape index (κ1) is 12.4. The van der Waals surface area contributed by atoms with Gasteiger partial charge in [-0.3, -0.25) is 4.79 Å². The number of carbonyl (C=O) groups is 1. The van der Waals surface area contributed by atoms with E-state index < -0.39 is 17.4 Å². The summed E-state index contributed by atoms with van der Waals surface area (Å²) in [5, 5.41) is 0. The molecule has 0 radical (unpaired) electrons. The molecule has 0 amide bonds. The van der Waals surface area contributed by atoms with Crippen LogP contribution in [-0.4, -0.2) is 24.0 Å². The normalized spacial score (nSPS) is 24.1. The van der Waals surface area contributed by atoms with Gasteiger partial charge in [-0.25, -0.2) is 8.78 Å². The Balaban J connectivity index is 2.40. The monoisotopic (exact) mass is 221 g/mol. The topological polar surface area (TPSA) is 52.3 Å². The average molecular weight is 221 g/mol. The Morgan fingerprint density at radius 3 is 2.53 bits per heavy atom. The average Bonchev–Trinajstić information content (AvgIpc) is 2.00. The van der Waals surface area contributed by atoms with Crippen LogP contribution in [0.2, 0.25) is 0 Å². The van der Waals surface area contributed by atoms with Crippen LogP contribution in [0, 0.1) is 5.92 Å². The molecule has 1 fully saturated rings. The molecule has 0 heterocycles. The number of esters is 1. The Labute approximate surface area is 88.0 Å². The summed E-state index contributed by atoms with van der Waals surface area (Å²) < 4.78 is 29.9. The number of rotatable bonds is 4. The number of halogens is 2. The highest BCUT2D eigenvalue weighted by Gasteiger charge is 2.48. The first-order valence-corrected chi connectivity index (χ1v) is 5.11. The third kappa shape index (κ3) is 3.12. The number of hydrogen-bond donors (Lipinski definition) is 1. The van der Waals surface area contributed by atoms with Crippen molar-refractivity contribution in [3.8, 4) is 0 Å². The molecule has 0 aromatic heterocycles. The minimum absolute atomic E-state index is 0.167. The van der Waals surface area contributed by atoms with Gasteiger partial charge in [-0.1, -0.05) is 0 Å². The van der Waals surface area contributed by atoms with E-state index in [0.717, 1.165) is 0 Å². The molecular formula is C10H17F2NO2. The van der Waals surface area contributed by atoms with Crippen LogP contribution < -0.4 is 5.73 Å². The van der Waals surface area contributed by atoms with E-state index >= 15 is 0 Å². The van der Waals surface area contributed by atoms with Crippen LogP contribution in [0.4, 0.5) is 8.78 Å². The van der Waals surface area contributed by atoms with Crippen LogP contribution in [0.25, 0.3) is 0 Å². The molecule has 3 nitrogen and oxygen atoms in total. The van der Waals surface area contributed by atoms with Crippen molar-refractivity contribution >= 4 is 5.97 Å². The van der Waals surface area contributed by atoms with E-state index in [1.54, 1.807) is 6.92 Å². The van der Waals surface area contributed by atoms with Crippen molar-refractivity contribution in [1.82, 2.24) is 0 Å². The Hall–Kier alpha value is -0.710. The summed E-state index contributed by atoms with van der Waals surface area (Å²) in [4.78, 5) is 11.4. The number of nitrogens with two attached hydrogens (primary N) is 1. The molecule has 1 aliphatic carbocycles. The van der Waals surface area contributed by atoms with Crippen LogP contribution in [0.3, 0.4) is 0 Å². The van der Waals surface area contributed by atoms with E-state index in [0.29, 0.717) is 0 Å². The van der Waals surface area contributed by atoms with Gasteiger partial charge in [0.1, 0.15) is 5.54 Å². The molecule has 88 valence electrons. The van der Waals surface area contributed by atoms with Gasteiger partial charge in [-0.05, 0) is 26.2 Å². The van der Waals surface area contributed by atoms with E-state index in [1.807, 2.05) is 0 Å². The van der Waals surface area contributed by atoms with Crippen molar-refractivity contribution in [3.05, 3.63) is 0 Å². The van der Waals surface area contributed by atoms with E-state index in [2.05, 4.69) is 0 Å². The fourth-order valence-electron chi connectivity index (χ4n) is 1.91. The zero-order valence-electron chi connectivity index (χ0n) is 9.06. The number of hydrogen-bond acceptors (Lipinski definition) is 3. The summed E-state index contributed by atoms with van der Waals surface area (Å²) >= 11 is 0. The SMILES string of the molecule is CCOC(=O)C(C)(N)CC1CC(F)(F)C1. The largest absolute Gasteiger partial charge is 0.465 e. The van der Waals surface area contributed by atoms with Gasteiger partial charge < -0.3 is 10.5 Å².